The first-order chi connectivity index (χ1) is 19.5. The van der Waals surface area contributed by atoms with Crippen molar-refractivity contribution < 1.29 is 23.4 Å². The Kier molecular flexibility index (Phi) is 11.7. The Labute approximate surface area is 248 Å². The highest BCUT2D eigenvalue weighted by Crippen LogP contribution is 2.37. The summed E-state index contributed by atoms with van der Waals surface area (Å²) in [5, 5.41) is 13.1. The number of carbonyl (C=O) groups excluding carboxylic acids is 2. The maximum Gasteiger partial charge on any atom is 0.292 e. The van der Waals surface area contributed by atoms with Gasteiger partial charge in [-0.25, -0.2) is 4.39 Å². The van der Waals surface area contributed by atoms with Crippen molar-refractivity contribution in [1.82, 2.24) is 20.4 Å². The zero-order valence-corrected chi connectivity index (χ0v) is 24.7. The number of likely N-dealkylation sites (N-methyl/N-ethyl adjacent to an activating group) is 1. The minimum atomic E-state index is -1.26. The van der Waals surface area contributed by atoms with Gasteiger partial charge in [-0.15, -0.1) is 10.2 Å². The number of hydrogen-bond acceptors (Lipinski definition) is 8. The van der Waals surface area contributed by atoms with Gasteiger partial charge in [0.15, 0.2) is 17.3 Å². The second-order valence-corrected chi connectivity index (χ2v) is 9.97. The largest absolute Gasteiger partial charge is 0.458 e. The molecule has 2 amide bonds. The summed E-state index contributed by atoms with van der Waals surface area (Å²) in [6.07, 6.45) is -1.26. The van der Waals surface area contributed by atoms with Gasteiger partial charge < -0.3 is 30.7 Å². The quantitative estimate of drug-likeness (QED) is 0.138. The minimum Gasteiger partial charge on any atom is -0.458 e. The molecule has 0 fully saturated rings. The summed E-state index contributed by atoms with van der Waals surface area (Å²) in [4.78, 5) is 27.6. The molecule has 0 saturated carbocycles. The lowest BCUT2D eigenvalue weighted by Crippen LogP contribution is -2.34. The number of amides is 2. The third kappa shape index (κ3) is 8.77. The number of nitrogens with zero attached hydrogens (tertiary/aromatic N) is 3. The zero-order chi connectivity index (χ0) is 30.1. The normalized spacial score (nSPS) is 11.7. The maximum atomic E-state index is 14.2. The van der Waals surface area contributed by atoms with Gasteiger partial charge in [-0.2, -0.15) is 0 Å². The average molecular weight is 605 g/mol. The highest BCUT2D eigenvalue weighted by atomic mass is 35.5. The van der Waals surface area contributed by atoms with E-state index in [1.165, 1.54) is 12.1 Å². The van der Waals surface area contributed by atoms with Gasteiger partial charge in [-0.1, -0.05) is 50.7 Å². The van der Waals surface area contributed by atoms with Crippen LogP contribution in [0, 0.1) is 5.82 Å². The van der Waals surface area contributed by atoms with Gasteiger partial charge in [-0.05, 0) is 49.5 Å². The number of benzene rings is 2. The van der Waals surface area contributed by atoms with E-state index in [2.05, 4.69) is 39.6 Å². The van der Waals surface area contributed by atoms with Gasteiger partial charge in [0.2, 0.25) is 6.29 Å². The van der Waals surface area contributed by atoms with Crippen LogP contribution in [0.3, 0.4) is 0 Å². The van der Waals surface area contributed by atoms with Gasteiger partial charge in [0.1, 0.15) is 5.82 Å². The van der Waals surface area contributed by atoms with E-state index in [9.17, 15) is 14.0 Å². The predicted molar refractivity (Wildman–Crippen MR) is 159 cm³/mol. The molecule has 3 aromatic rings. The SMILES string of the molecule is CCN(CC)CCNC(=O)c1ccc(NC(=O)c2cc(O[C@H](OB(C)C)c3c(Cl)ccc(F)c3Cl)c(N)nn2)cc1. The number of nitrogen functional groups attached to an aromatic ring is 1. The molecule has 0 saturated heterocycles. The van der Waals surface area contributed by atoms with E-state index >= 15 is 0 Å². The molecule has 0 spiro atoms. The van der Waals surface area contributed by atoms with Gasteiger partial charge in [0.05, 0.1) is 15.6 Å². The molecule has 2 aromatic carbocycles. The van der Waals surface area contributed by atoms with E-state index in [4.69, 9.17) is 38.3 Å². The number of nitrogens with two attached hydrogens (primary N) is 1. The van der Waals surface area contributed by atoms with Crippen LogP contribution in [0.1, 0.15) is 46.5 Å². The van der Waals surface area contributed by atoms with Crippen LogP contribution in [0.25, 0.3) is 0 Å². The first kappa shape index (κ1) is 32.1. The van der Waals surface area contributed by atoms with Crippen molar-refractivity contribution in [1.29, 1.82) is 0 Å². The summed E-state index contributed by atoms with van der Waals surface area (Å²) in [6.45, 7) is 10.4. The first-order valence-electron chi connectivity index (χ1n) is 13.0. The number of ether oxygens (including phenoxy) is 1. The Morgan fingerprint density at radius 3 is 2.39 bits per heavy atom. The first-order valence-corrected chi connectivity index (χ1v) is 13.8. The number of rotatable bonds is 13. The standard InChI is InChI=1S/C27H32BCl2FN6O4/c1-5-37(6-2)14-13-33-25(38)16-7-9-17(10-8-16)34-26(39)20-15-21(24(32)36-35-20)40-27(41-28(3)4)22-18(29)11-12-19(31)23(22)30/h7-12,15,27H,5-6,13-14H2,1-4H3,(H2,32,36)(H,33,38)(H,34,39)/t27-/m1/s1. The van der Waals surface area contributed by atoms with E-state index in [-0.39, 0.29) is 45.7 Å². The molecule has 10 nitrogen and oxygen atoms in total. The molecule has 14 heteroatoms. The highest BCUT2D eigenvalue weighted by molar-refractivity contribution is 6.48. The Morgan fingerprint density at radius 2 is 1.76 bits per heavy atom. The van der Waals surface area contributed by atoms with Gasteiger partial charge in [0.25, 0.3) is 18.7 Å². The molecule has 0 aliphatic heterocycles. The number of halogens is 3. The third-order valence-electron chi connectivity index (χ3n) is 5.98. The second kappa shape index (κ2) is 15.0. The van der Waals surface area contributed by atoms with Crippen molar-refractivity contribution in [3.05, 3.63) is 75.1 Å². The van der Waals surface area contributed by atoms with Crippen molar-refractivity contribution in [2.75, 3.05) is 37.2 Å². The lowest BCUT2D eigenvalue weighted by atomic mass is 9.75. The maximum absolute atomic E-state index is 14.2. The highest BCUT2D eigenvalue weighted by Gasteiger charge is 2.26. The molecule has 1 heterocycles. The fourth-order valence-corrected chi connectivity index (χ4v) is 4.28. The molecule has 0 radical (unpaired) electrons. The Balaban J connectivity index is 1.72. The van der Waals surface area contributed by atoms with Crippen LogP contribution in [0.4, 0.5) is 15.9 Å². The van der Waals surface area contributed by atoms with Crippen LogP contribution in [-0.2, 0) is 4.65 Å². The Morgan fingerprint density at radius 1 is 1.07 bits per heavy atom. The fourth-order valence-electron chi connectivity index (χ4n) is 3.73. The molecular formula is C27H32BCl2FN6O4. The van der Waals surface area contributed by atoms with E-state index < -0.39 is 18.0 Å². The number of aromatic nitrogens is 2. The Bertz CT molecular complexity index is 1360. The zero-order valence-electron chi connectivity index (χ0n) is 23.2. The molecule has 3 rings (SSSR count). The van der Waals surface area contributed by atoms with Crippen LogP contribution in [-0.4, -0.2) is 60.0 Å². The van der Waals surface area contributed by atoms with E-state index in [0.29, 0.717) is 17.8 Å². The van der Waals surface area contributed by atoms with Gasteiger partial charge in [-0.3, -0.25) is 9.59 Å². The number of anilines is 2. The fraction of sp³-hybridized carbons (Fsp3) is 0.333. The number of carbonyl (C=O) groups is 2. The monoisotopic (exact) mass is 604 g/mol. The van der Waals surface area contributed by atoms with E-state index in [0.717, 1.165) is 25.7 Å². The topological polar surface area (TPSA) is 132 Å². The molecule has 1 atom stereocenters. The van der Waals surface area contributed by atoms with E-state index in [1.54, 1.807) is 37.9 Å². The summed E-state index contributed by atoms with van der Waals surface area (Å²) in [6, 6.07) is 10.1. The van der Waals surface area contributed by atoms with Crippen molar-refractivity contribution >= 4 is 53.4 Å². The molecule has 0 aliphatic rings. The second-order valence-electron chi connectivity index (χ2n) is 9.18. The van der Waals surface area contributed by atoms with Crippen molar-refractivity contribution in [2.45, 2.75) is 33.8 Å². The van der Waals surface area contributed by atoms with Gasteiger partial charge >= 0.3 is 0 Å². The molecule has 0 aliphatic carbocycles. The summed E-state index contributed by atoms with van der Waals surface area (Å²) in [5.41, 5.74) is 6.77. The molecule has 4 N–H and O–H groups in total. The Hall–Kier alpha value is -3.45. The number of hydrogen-bond donors (Lipinski definition) is 3. The van der Waals surface area contributed by atoms with Crippen LogP contribution in [0.5, 0.6) is 5.75 Å². The van der Waals surface area contributed by atoms with Crippen LogP contribution >= 0.6 is 23.2 Å². The smallest absolute Gasteiger partial charge is 0.292 e. The predicted octanol–water partition coefficient (Wildman–Crippen LogP) is 5.17. The molecule has 1 aromatic heterocycles. The summed E-state index contributed by atoms with van der Waals surface area (Å²) in [5.74, 6) is -1.72. The third-order valence-corrected chi connectivity index (χ3v) is 6.69. The molecular weight excluding hydrogens is 573 g/mol. The molecule has 218 valence electrons. The minimum absolute atomic E-state index is 0.0519. The number of nitrogens with one attached hydrogen (secondary N) is 2. The molecule has 0 unspecified atom stereocenters. The van der Waals surface area contributed by atoms with Crippen LogP contribution in [0.2, 0.25) is 23.7 Å². The van der Waals surface area contributed by atoms with Crippen molar-refractivity contribution in [2.24, 2.45) is 0 Å². The lowest BCUT2D eigenvalue weighted by Gasteiger charge is -2.24. The molecule has 41 heavy (non-hydrogen) atoms. The average Bonchev–Trinajstić information content (AvgIpc) is 2.94. The summed E-state index contributed by atoms with van der Waals surface area (Å²) in [7, 11) is 0. The van der Waals surface area contributed by atoms with Crippen LogP contribution < -0.4 is 21.1 Å². The summed E-state index contributed by atoms with van der Waals surface area (Å²) < 4.78 is 25.9. The summed E-state index contributed by atoms with van der Waals surface area (Å²) >= 11 is 12.4. The molecule has 0 bridgehead atoms. The van der Waals surface area contributed by atoms with Crippen LogP contribution in [0.15, 0.2) is 42.5 Å². The van der Waals surface area contributed by atoms with E-state index in [1.807, 2.05) is 0 Å². The van der Waals surface area contributed by atoms with Crippen molar-refractivity contribution in [3.63, 3.8) is 0 Å². The van der Waals surface area contributed by atoms with Crippen molar-refractivity contribution in [3.8, 4) is 5.75 Å². The van der Waals surface area contributed by atoms with Gasteiger partial charge in [0, 0.05) is 30.4 Å². The lowest BCUT2D eigenvalue weighted by molar-refractivity contribution is 0.00249.